The fourth-order valence-corrected chi connectivity index (χ4v) is 3.75. The van der Waals surface area contributed by atoms with Gasteiger partial charge >= 0.3 is 0 Å². The van der Waals surface area contributed by atoms with E-state index in [1.54, 1.807) is 17.0 Å². The molecule has 1 atom stereocenters. The first-order valence-electron chi connectivity index (χ1n) is 9.16. The number of furan rings is 1. The summed E-state index contributed by atoms with van der Waals surface area (Å²) in [7, 11) is 0. The predicted molar refractivity (Wildman–Crippen MR) is 96.2 cm³/mol. The molecule has 0 bridgehead atoms. The quantitative estimate of drug-likeness (QED) is 0.884. The summed E-state index contributed by atoms with van der Waals surface area (Å²) in [5.41, 5.74) is 3.70. The van der Waals surface area contributed by atoms with E-state index in [2.05, 4.69) is 28.8 Å². The Morgan fingerprint density at radius 1 is 1.19 bits per heavy atom. The summed E-state index contributed by atoms with van der Waals surface area (Å²) in [6.07, 6.45) is 4.03. The average Bonchev–Trinajstić information content (AvgIpc) is 3.36. The fraction of sp³-hybridized carbons (Fsp3) is 0.400. The third kappa shape index (κ3) is 3.37. The summed E-state index contributed by atoms with van der Waals surface area (Å²) in [4.78, 5) is 27.0. The molecule has 2 N–H and O–H groups in total. The van der Waals surface area contributed by atoms with Gasteiger partial charge in [-0.2, -0.15) is 0 Å². The van der Waals surface area contributed by atoms with Crippen molar-refractivity contribution in [2.75, 3.05) is 6.54 Å². The molecule has 0 spiro atoms. The van der Waals surface area contributed by atoms with Crippen LogP contribution >= 0.6 is 0 Å². The lowest BCUT2D eigenvalue weighted by molar-refractivity contribution is -0.126. The van der Waals surface area contributed by atoms with E-state index in [1.165, 1.54) is 17.4 Å². The molecule has 4 rings (SSSR count). The summed E-state index contributed by atoms with van der Waals surface area (Å²) in [6.45, 7) is 2.85. The minimum Gasteiger partial charge on any atom is -0.459 e. The SMILES string of the molecule is O=C(NCc1ccc2c(c1)CNC2)C1CCCCN1C(=O)c1ccco1. The smallest absolute Gasteiger partial charge is 0.290 e. The highest BCUT2D eigenvalue weighted by molar-refractivity contribution is 5.95. The van der Waals surface area contributed by atoms with E-state index in [0.29, 0.717) is 19.5 Å². The second-order valence-electron chi connectivity index (χ2n) is 6.91. The molecule has 1 aromatic carbocycles. The maximum atomic E-state index is 12.7. The monoisotopic (exact) mass is 353 g/mol. The van der Waals surface area contributed by atoms with Crippen LogP contribution in [0.1, 0.15) is 46.5 Å². The highest BCUT2D eigenvalue weighted by Crippen LogP contribution is 2.21. The first-order valence-corrected chi connectivity index (χ1v) is 9.16. The van der Waals surface area contributed by atoms with E-state index in [-0.39, 0.29) is 17.6 Å². The summed E-state index contributed by atoms with van der Waals surface area (Å²) < 4.78 is 5.22. The summed E-state index contributed by atoms with van der Waals surface area (Å²) in [6, 6.07) is 9.21. The van der Waals surface area contributed by atoms with Crippen molar-refractivity contribution >= 4 is 11.8 Å². The van der Waals surface area contributed by atoms with Crippen LogP contribution < -0.4 is 10.6 Å². The molecule has 1 unspecified atom stereocenters. The van der Waals surface area contributed by atoms with Gasteiger partial charge in [0.25, 0.3) is 5.91 Å². The molecule has 3 heterocycles. The highest BCUT2D eigenvalue weighted by Gasteiger charge is 2.33. The van der Waals surface area contributed by atoms with E-state index < -0.39 is 6.04 Å². The topological polar surface area (TPSA) is 74.6 Å². The van der Waals surface area contributed by atoms with Crippen molar-refractivity contribution in [3.63, 3.8) is 0 Å². The van der Waals surface area contributed by atoms with Crippen LogP contribution in [0.25, 0.3) is 0 Å². The van der Waals surface area contributed by atoms with Crippen LogP contribution in [0.3, 0.4) is 0 Å². The Labute approximate surface area is 152 Å². The van der Waals surface area contributed by atoms with Crippen molar-refractivity contribution in [2.24, 2.45) is 0 Å². The van der Waals surface area contributed by atoms with Gasteiger partial charge in [0.15, 0.2) is 5.76 Å². The van der Waals surface area contributed by atoms with Gasteiger partial charge in [0, 0.05) is 26.2 Å². The van der Waals surface area contributed by atoms with E-state index in [9.17, 15) is 9.59 Å². The third-order valence-electron chi connectivity index (χ3n) is 5.17. The van der Waals surface area contributed by atoms with Gasteiger partial charge in [-0.15, -0.1) is 0 Å². The van der Waals surface area contributed by atoms with Crippen LogP contribution in [-0.4, -0.2) is 29.3 Å². The summed E-state index contributed by atoms with van der Waals surface area (Å²) in [5.74, 6) is -0.0162. The van der Waals surface area contributed by atoms with Gasteiger partial charge in [0.2, 0.25) is 5.91 Å². The molecular formula is C20H23N3O3. The maximum Gasteiger partial charge on any atom is 0.290 e. The number of nitrogens with zero attached hydrogens (tertiary/aromatic N) is 1. The van der Waals surface area contributed by atoms with Crippen LogP contribution in [-0.2, 0) is 24.4 Å². The molecule has 2 aliphatic heterocycles. The molecule has 0 radical (unpaired) electrons. The van der Waals surface area contributed by atoms with Crippen LogP contribution in [0.5, 0.6) is 0 Å². The lowest BCUT2D eigenvalue weighted by atomic mass is 10.0. The molecule has 136 valence electrons. The van der Waals surface area contributed by atoms with Crippen molar-refractivity contribution in [3.8, 4) is 0 Å². The van der Waals surface area contributed by atoms with Crippen LogP contribution in [0.2, 0.25) is 0 Å². The molecular weight excluding hydrogens is 330 g/mol. The van der Waals surface area contributed by atoms with Gasteiger partial charge in [-0.25, -0.2) is 0 Å². The molecule has 2 amide bonds. The maximum absolute atomic E-state index is 12.7. The molecule has 26 heavy (non-hydrogen) atoms. The lowest BCUT2D eigenvalue weighted by Crippen LogP contribution is -2.51. The number of hydrogen-bond acceptors (Lipinski definition) is 4. The third-order valence-corrected chi connectivity index (χ3v) is 5.17. The second-order valence-corrected chi connectivity index (χ2v) is 6.91. The van der Waals surface area contributed by atoms with Gasteiger partial charge in [-0.3, -0.25) is 9.59 Å². The highest BCUT2D eigenvalue weighted by atomic mass is 16.3. The van der Waals surface area contributed by atoms with Crippen molar-refractivity contribution in [2.45, 2.75) is 44.9 Å². The normalized spacial score (nSPS) is 19.2. The Balaban J connectivity index is 1.41. The van der Waals surface area contributed by atoms with Gasteiger partial charge in [-0.1, -0.05) is 18.2 Å². The Hall–Kier alpha value is -2.60. The molecule has 1 saturated heterocycles. The van der Waals surface area contributed by atoms with Crippen LogP contribution in [0.15, 0.2) is 41.0 Å². The number of nitrogens with one attached hydrogen (secondary N) is 2. The number of hydrogen-bond donors (Lipinski definition) is 2. The molecule has 0 saturated carbocycles. The molecule has 1 aromatic heterocycles. The predicted octanol–water partition coefficient (Wildman–Crippen LogP) is 2.19. The number of carbonyl (C=O) groups excluding carboxylic acids is 2. The number of benzene rings is 1. The van der Waals surface area contributed by atoms with Gasteiger partial charge < -0.3 is 20.0 Å². The van der Waals surface area contributed by atoms with E-state index in [1.807, 2.05) is 0 Å². The molecule has 1 fully saturated rings. The summed E-state index contributed by atoms with van der Waals surface area (Å²) >= 11 is 0. The molecule has 6 heteroatoms. The Morgan fingerprint density at radius 2 is 2.08 bits per heavy atom. The van der Waals surface area contributed by atoms with Gasteiger partial charge in [0.05, 0.1) is 6.26 Å². The zero-order valence-corrected chi connectivity index (χ0v) is 14.7. The van der Waals surface area contributed by atoms with Crippen LogP contribution in [0, 0.1) is 0 Å². The Bertz CT molecular complexity index is 801. The molecule has 2 aliphatic rings. The lowest BCUT2D eigenvalue weighted by Gasteiger charge is -2.34. The zero-order chi connectivity index (χ0) is 17.9. The second kappa shape index (κ2) is 7.33. The molecule has 2 aromatic rings. The largest absolute Gasteiger partial charge is 0.459 e. The Kier molecular flexibility index (Phi) is 4.75. The molecule has 6 nitrogen and oxygen atoms in total. The molecule has 0 aliphatic carbocycles. The average molecular weight is 353 g/mol. The van der Waals surface area contributed by atoms with Crippen molar-refractivity contribution in [3.05, 3.63) is 59.0 Å². The van der Waals surface area contributed by atoms with E-state index in [4.69, 9.17) is 4.42 Å². The Morgan fingerprint density at radius 3 is 2.92 bits per heavy atom. The number of fused-ring (bicyclic) bond motifs is 1. The van der Waals surface area contributed by atoms with Crippen molar-refractivity contribution in [1.82, 2.24) is 15.5 Å². The zero-order valence-electron chi connectivity index (χ0n) is 14.7. The summed E-state index contributed by atoms with van der Waals surface area (Å²) in [5, 5.41) is 6.33. The van der Waals surface area contributed by atoms with Gasteiger partial charge in [-0.05, 0) is 48.1 Å². The minimum atomic E-state index is -0.433. The first kappa shape index (κ1) is 16.8. The van der Waals surface area contributed by atoms with E-state index >= 15 is 0 Å². The van der Waals surface area contributed by atoms with Crippen molar-refractivity contribution < 1.29 is 14.0 Å². The minimum absolute atomic E-state index is 0.0942. The standard InChI is InChI=1S/C20H23N3O3/c24-19(22-11-14-6-7-15-12-21-13-16(15)10-14)17-4-1-2-8-23(17)20(25)18-5-3-9-26-18/h3,5-7,9-10,17,21H,1-2,4,8,11-13H2,(H,22,24). The van der Waals surface area contributed by atoms with Crippen LogP contribution in [0.4, 0.5) is 0 Å². The number of piperidine rings is 1. The van der Waals surface area contributed by atoms with Gasteiger partial charge in [0.1, 0.15) is 6.04 Å². The number of carbonyl (C=O) groups is 2. The fourth-order valence-electron chi connectivity index (χ4n) is 3.75. The number of amides is 2. The van der Waals surface area contributed by atoms with E-state index in [0.717, 1.165) is 31.5 Å². The number of likely N-dealkylation sites (tertiary alicyclic amines) is 1. The first-order chi connectivity index (χ1) is 12.7. The van der Waals surface area contributed by atoms with Crippen molar-refractivity contribution in [1.29, 1.82) is 0 Å². The number of rotatable bonds is 4.